The van der Waals surface area contributed by atoms with Gasteiger partial charge in [-0.1, -0.05) is 0 Å². The van der Waals surface area contributed by atoms with Crippen LogP contribution in [-0.4, -0.2) is 31.8 Å². The predicted molar refractivity (Wildman–Crippen MR) is 92.4 cm³/mol. The van der Waals surface area contributed by atoms with Crippen LogP contribution in [0.4, 0.5) is 4.39 Å². The van der Waals surface area contributed by atoms with E-state index in [4.69, 9.17) is 4.74 Å². The van der Waals surface area contributed by atoms with Crippen LogP contribution < -0.4 is 4.74 Å². The molecule has 25 heavy (non-hydrogen) atoms. The summed E-state index contributed by atoms with van der Waals surface area (Å²) in [5, 5.41) is 8.51. The number of hydrogen-bond donors (Lipinski definition) is 1. The molecule has 0 spiro atoms. The first-order chi connectivity index (χ1) is 12.1. The Morgan fingerprint density at radius 3 is 2.76 bits per heavy atom. The molecule has 0 saturated heterocycles. The van der Waals surface area contributed by atoms with Crippen LogP contribution in [0.1, 0.15) is 11.4 Å². The van der Waals surface area contributed by atoms with Crippen LogP contribution in [0.25, 0.3) is 28.1 Å². The maximum absolute atomic E-state index is 13.8. The highest BCUT2D eigenvalue weighted by molar-refractivity contribution is 5.83. The van der Waals surface area contributed by atoms with Gasteiger partial charge < -0.3 is 9.72 Å². The largest absolute Gasteiger partial charge is 0.494 e. The normalized spacial score (nSPS) is 11.2. The van der Waals surface area contributed by atoms with E-state index < -0.39 is 5.82 Å². The first kappa shape index (κ1) is 15.3. The predicted octanol–water partition coefficient (Wildman–Crippen LogP) is 3.58. The molecule has 7 heteroatoms. The first-order valence-corrected chi connectivity index (χ1v) is 7.78. The van der Waals surface area contributed by atoms with Gasteiger partial charge >= 0.3 is 0 Å². The van der Waals surface area contributed by atoms with Gasteiger partial charge in [-0.25, -0.2) is 9.37 Å². The fraction of sp³-hybridized carbons (Fsp3) is 0.167. The third kappa shape index (κ3) is 2.44. The topological polar surface area (TPSA) is 68.6 Å². The minimum absolute atomic E-state index is 0.178. The highest BCUT2D eigenvalue weighted by Gasteiger charge is 2.16. The van der Waals surface area contributed by atoms with Crippen molar-refractivity contribution in [1.29, 1.82) is 0 Å². The number of halogens is 1. The smallest absolute Gasteiger partial charge is 0.168 e. The minimum atomic E-state index is -0.409. The molecule has 0 unspecified atom stereocenters. The van der Waals surface area contributed by atoms with Crippen molar-refractivity contribution in [2.75, 3.05) is 7.11 Å². The van der Waals surface area contributed by atoms with Crippen molar-refractivity contribution in [3.05, 3.63) is 53.9 Å². The molecule has 2 aromatic heterocycles. The number of methoxy groups -OCH3 is 1. The van der Waals surface area contributed by atoms with Gasteiger partial charge in [0.05, 0.1) is 30.2 Å². The summed E-state index contributed by atoms with van der Waals surface area (Å²) in [7, 11) is 1.44. The third-order valence-electron chi connectivity index (χ3n) is 4.19. The van der Waals surface area contributed by atoms with E-state index in [1.54, 1.807) is 18.5 Å². The second-order valence-electron chi connectivity index (χ2n) is 5.82. The SMILES string of the molecule is COc1cc(-n2c(C)nnc2-c2cc(C)c3nc[nH]c3c2)ccc1F. The second kappa shape index (κ2) is 5.70. The molecule has 4 aromatic rings. The van der Waals surface area contributed by atoms with Crippen molar-refractivity contribution in [2.24, 2.45) is 0 Å². The highest BCUT2D eigenvalue weighted by Crippen LogP contribution is 2.29. The molecule has 2 heterocycles. The zero-order valence-electron chi connectivity index (χ0n) is 14.0. The summed E-state index contributed by atoms with van der Waals surface area (Å²) in [6.07, 6.45) is 1.67. The number of ether oxygens (including phenoxy) is 1. The van der Waals surface area contributed by atoms with E-state index >= 15 is 0 Å². The average molecular weight is 337 g/mol. The van der Waals surface area contributed by atoms with Crippen LogP contribution in [0, 0.1) is 19.7 Å². The molecule has 0 atom stereocenters. The Balaban J connectivity index is 1.92. The molecule has 126 valence electrons. The summed E-state index contributed by atoms with van der Waals surface area (Å²) in [6.45, 7) is 3.86. The number of H-pyrrole nitrogens is 1. The van der Waals surface area contributed by atoms with Gasteiger partial charge in [0.2, 0.25) is 0 Å². The Morgan fingerprint density at radius 2 is 1.96 bits per heavy atom. The van der Waals surface area contributed by atoms with Crippen molar-refractivity contribution < 1.29 is 9.13 Å². The van der Waals surface area contributed by atoms with Crippen molar-refractivity contribution in [1.82, 2.24) is 24.7 Å². The van der Waals surface area contributed by atoms with E-state index in [1.807, 2.05) is 30.5 Å². The summed E-state index contributed by atoms with van der Waals surface area (Å²) in [5.41, 5.74) is 4.53. The molecule has 0 fully saturated rings. The summed E-state index contributed by atoms with van der Waals surface area (Å²) in [6, 6.07) is 8.69. The molecule has 0 radical (unpaired) electrons. The minimum Gasteiger partial charge on any atom is -0.494 e. The summed E-state index contributed by atoms with van der Waals surface area (Å²) in [4.78, 5) is 7.44. The van der Waals surface area contributed by atoms with Crippen LogP contribution in [0.2, 0.25) is 0 Å². The van der Waals surface area contributed by atoms with Crippen molar-refractivity contribution in [2.45, 2.75) is 13.8 Å². The van der Waals surface area contributed by atoms with Crippen LogP contribution in [0.3, 0.4) is 0 Å². The Bertz CT molecular complexity index is 1080. The molecule has 2 aromatic carbocycles. The number of imidazole rings is 1. The first-order valence-electron chi connectivity index (χ1n) is 7.78. The van der Waals surface area contributed by atoms with E-state index in [9.17, 15) is 4.39 Å². The fourth-order valence-electron chi connectivity index (χ4n) is 3.00. The number of aryl methyl sites for hydroxylation is 2. The Labute approximate surface area is 143 Å². The number of hydrogen-bond acceptors (Lipinski definition) is 4. The summed E-state index contributed by atoms with van der Waals surface area (Å²) in [5.74, 6) is 1.14. The third-order valence-corrected chi connectivity index (χ3v) is 4.19. The zero-order chi connectivity index (χ0) is 17.6. The lowest BCUT2D eigenvalue weighted by atomic mass is 10.1. The lowest BCUT2D eigenvalue weighted by Gasteiger charge is -2.11. The van der Waals surface area contributed by atoms with Gasteiger partial charge in [-0.15, -0.1) is 10.2 Å². The lowest BCUT2D eigenvalue weighted by molar-refractivity contribution is 0.386. The Kier molecular flexibility index (Phi) is 3.49. The quantitative estimate of drug-likeness (QED) is 0.620. The molecule has 0 aliphatic carbocycles. The van der Waals surface area contributed by atoms with Crippen LogP contribution in [0.15, 0.2) is 36.7 Å². The molecule has 4 rings (SSSR count). The lowest BCUT2D eigenvalue weighted by Crippen LogP contribution is -2.01. The maximum Gasteiger partial charge on any atom is 0.168 e. The summed E-state index contributed by atoms with van der Waals surface area (Å²) >= 11 is 0. The van der Waals surface area contributed by atoms with Crippen molar-refractivity contribution >= 4 is 11.0 Å². The maximum atomic E-state index is 13.8. The van der Waals surface area contributed by atoms with Gasteiger partial charge in [0.15, 0.2) is 17.4 Å². The number of aromatic nitrogens is 5. The number of nitrogens with one attached hydrogen (secondary N) is 1. The van der Waals surface area contributed by atoms with Gasteiger partial charge in [-0.05, 0) is 43.7 Å². The fourth-order valence-corrected chi connectivity index (χ4v) is 3.00. The van der Waals surface area contributed by atoms with E-state index in [2.05, 4.69) is 20.2 Å². The van der Waals surface area contributed by atoms with Gasteiger partial charge in [0, 0.05) is 11.6 Å². The number of benzene rings is 2. The molecule has 0 aliphatic heterocycles. The van der Waals surface area contributed by atoms with Gasteiger partial charge in [0.25, 0.3) is 0 Å². The van der Waals surface area contributed by atoms with Crippen molar-refractivity contribution in [3.63, 3.8) is 0 Å². The number of nitrogens with zero attached hydrogens (tertiary/aromatic N) is 4. The Hall–Kier alpha value is -3.22. The van der Waals surface area contributed by atoms with Gasteiger partial charge in [0.1, 0.15) is 5.82 Å². The van der Waals surface area contributed by atoms with E-state index in [0.29, 0.717) is 11.6 Å². The number of rotatable bonds is 3. The molecular formula is C18H16FN5O. The van der Waals surface area contributed by atoms with Crippen LogP contribution in [-0.2, 0) is 0 Å². The zero-order valence-corrected chi connectivity index (χ0v) is 14.0. The Morgan fingerprint density at radius 1 is 1.12 bits per heavy atom. The van der Waals surface area contributed by atoms with Crippen LogP contribution in [0.5, 0.6) is 5.75 Å². The highest BCUT2D eigenvalue weighted by atomic mass is 19.1. The molecule has 0 amide bonds. The van der Waals surface area contributed by atoms with Crippen molar-refractivity contribution in [3.8, 4) is 22.8 Å². The number of fused-ring (bicyclic) bond motifs is 1. The molecule has 1 N–H and O–H groups in total. The van der Waals surface area contributed by atoms with Crippen LogP contribution >= 0.6 is 0 Å². The molecule has 6 nitrogen and oxygen atoms in total. The van der Waals surface area contributed by atoms with E-state index in [-0.39, 0.29) is 5.75 Å². The molecular weight excluding hydrogens is 321 g/mol. The second-order valence-corrected chi connectivity index (χ2v) is 5.82. The number of aromatic amines is 1. The molecule has 0 saturated carbocycles. The molecule has 0 bridgehead atoms. The monoisotopic (exact) mass is 337 g/mol. The summed E-state index contributed by atoms with van der Waals surface area (Å²) < 4.78 is 20.7. The van der Waals surface area contributed by atoms with E-state index in [1.165, 1.54) is 13.2 Å². The molecule has 0 aliphatic rings. The standard InChI is InChI=1S/C18H16FN5O/c1-10-6-12(7-15-17(10)21-9-20-15)18-23-22-11(2)24(18)13-4-5-14(19)16(8-13)25-3/h4-9H,1-3H3,(H,20,21). The van der Waals surface area contributed by atoms with Gasteiger partial charge in [-0.2, -0.15) is 0 Å². The average Bonchev–Trinajstić information content (AvgIpc) is 3.22. The van der Waals surface area contributed by atoms with E-state index in [0.717, 1.165) is 27.8 Å². The van der Waals surface area contributed by atoms with Gasteiger partial charge in [-0.3, -0.25) is 4.57 Å².